The highest BCUT2D eigenvalue weighted by atomic mass is 31.2. The Morgan fingerprint density at radius 3 is 2.25 bits per heavy atom. The first kappa shape index (κ1) is 22.3. The molecule has 0 aliphatic rings. The highest BCUT2D eigenvalue weighted by molar-refractivity contribution is 7.47. The number of nitrogens with zero attached hydrogens (tertiary/aromatic N) is 1. The molecule has 0 heterocycles. The molecule has 4 N–H and O–H groups in total. The van der Waals surface area contributed by atoms with Gasteiger partial charge in [-0.2, -0.15) is 0 Å². The predicted octanol–water partition coefficient (Wildman–Crippen LogP) is 3.20. The van der Waals surface area contributed by atoms with Crippen molar-refractivity contribution in [1.29, 1.82) is 0 Å². The lowest BCUT2D eigenvalue weighted by atomic mass is 10.0. The van der Waals surface area contributed by atoms with Crippen LogP contribution < -0.4 is 6.15 Å². The summed E-state index contributed by atoms with van der Waals surface area (Å²) in [6.45, 7) is 5.40. The monoisotopic (exact) mass is 313 g/mol. The van der Waals surface area contributed by atoms with Gasteiger partial charge in [0.1, 0.15) is 13.2 Å². The maximum Gasteiger partial charge on any atom is 0.472 e. The highest BCUT2D eigenvalue weighted by Gasteiger charge is 2.23. The number of unbranched alkanes of at least 4 members (excludes halogenated alkanes) is 1. The molecule has 0 aromatic rings. The molecule has 0 radical (unpaired) electrons. The molecule has 0 amide bonds. The van der Waals surface area contributed by atoms with Crippen LogP contribution in [0.15, 0.2) is 0 Å². The van der Waals surface area contributed by atoms with Crippen LogP contribution in [0.2, 0.25) is 0 Å². The molecule has 0 fully saturated rings. The molecule has 6 nitrogen and oxygen atoms in total. The third kappa shape index (κ3) is 13.0. The molecule has 0 aliphatic heterocycles. The van der Waals surface area contributed by atoms with Crippen LogP contribution in [-0.2, 0) is 13.6 Å². The van der Waals surface area contributed by atoms with E-state index in [0.29, 0.717) is 23.6 Å². The second-order valence-corrected chi connectivity index (χ2v) is 7.48. The molecule has 0 rings (SSSR count). The van der Waals surface area contributed by atoms with E-state index in [1.54, 1.807) is 0 Å². The van der Waals surface area contributed by atoms with E-state index in [1.165, 1.54) is 0 Å². The predicted molar refractivity (Wildman–Crippen MR) is 83.0 cm³/mol. The Labute approximate surface area is 124 Å². The fraction of sp³-hybridized carbons (Fsp3) is 1.00. The maximum absolute atomic E-state index is 11.7. The van der Waals surface area contributed by atoms with E-state index in [0.717, 1.165) is 25.7 Å². The molecule has 0 aromatic carbocycles. The molecular weight excluding hydrogens is 279 g/mol. The van der Waals surface area contributed by atoms with E-state index < -0.39 is 7.82 Å². The minimum absolute atomic E-state index is 0. The van der Waals surface area contributed by atoms with E-state index in [9.17, 15) is 9.46 Å². The van der Waals surface area contributed by atoms with E-state index in [2.05, 4.69) is 13.8 Å². The Morgan fingerprint density at radius 1 is 1.20 bits per heavy atom. The van der Waals surface area contributed by atoms with Crippen LogP contribution in [0.3, 0.4) is 0 Å². The van der Waals surface area contributed by atoms with Crippen molar-refractivity contribution >= 4 is 7.82 Å². The topological polar surface area (TPSA) is 90.8 Å². The van der Waals surface area contributed by atoms with Crippen molar-refractivity contribution in [2.24, 2.45) is 5.92 Å². The minimum Gasteiger partial charge on any atom is -0.344 e. The summed E-state index contributed by atoms with van der Waals surface area (Å²) in [6.07, 6.45) is 4.25. The smallest absolute Gasteiger partial charge is 0.344 e. The molecule has 0 bridgehead atoms. The third-order valence-electron chi connectivity index (χ3n) is 3.03. The average molecular weight is 313 g/mol. The summed E-state index contributed by atoms with van der Waals surface area (Å²) in [5, 5.41) is 0. The molecule has 0 aliphatic carbocycles. The molecule has 0 saturated carbocycles. The second kappa shape index (κ2) is 10.7. The lowest BCUT2D eigenvalue weighted by Crippen LogP contribution is -2.37. The summed E-state index contributed by atoms with van der Waals surface area (Å²) in [6, 6.07) is 0. The largest absolute Gasteiger partial charge is 0.472 e. The Morgan fingerprint density at radius 2 is 1.80 bits per heavy atom. The van der Waals surface area contributed by atoms with Crippen LogP contribution in [0.25, 0.3) is 0 Å². The van der Waals surface area contributed by atoms with Gasteiger partial charge in [0.05, 0.1) is 27.7 Å². The summed E-state index contributed by atoms with van der Waals surface area (Å²) in [7, 11) is 2.13. The van der Waals surface area contributed by atoms with Gasteiger partial charge >= 0.3 is 7.82 Å². The molecule has 0 saturated heterocycles. The van der Waals surface area contributed by atoms with Gasteiger partial charge in [0.15, 0.2) is 0 Å². The van der Waals surface area contributed by atoms with Gasteiger partial charge in [0.2, 0.25) is 0 Å². The van der Waals surface area contributed by atoms with Gasteiger partial charge in [0, 0.05) is 0 Å². The highest BCUT2D eigenvalue weighted by Crippen LogP contribution is 2.43. The fourth-order valence-electron chi connectivity index (χ4n) is 1.57. The van der Waals surface area contributed by atoms with Crippen LogP contribution in [0, 0.1) is 5.92 Å². The summed E-state index contributed by atoms with van der Waals surface area (Å²) in [5.74, 6) is 0.336. The summed E-state index contributed by atoms with van der Waals surface area (Å²) in [5.41, 5.74) is 0. The number of phosphoric acid groups is 1. The van der Waals surface area contributed by atoms with Crippen LogP contribution >= 0.6 is 7.82 Å². The lowest BCUT2D eigenvalue weighted by Gasteiger charge is -2.24. The van der Waals surface area contributed by atoms with Gasteiger partial charge in [-0.1, -0.05) is 33.1 Å². The van der Waals surface area contributed by atoms with E-state index in [1.807, 2.05) is 21.1 Å². The van der Waals surface area contributed by atoms with Crippen molar-refractivity contribution in [2.75, 3.05) is 40.9 Å². The normalized spacial score (nSPS) is 16.3. The van der Waals surface area contributed by atoms with Crippen LogP contribution in [0.5, 0.6) is 0 Å². The molecule has 2 atom stereocenters. The van der Waals surface area contributed by atoms with Crippen LogP contribution in [0.1, 0.15) is 39.5 Å². The van der Waals surface area contributed by atoms with Gasteiger partial charge < -0.3 is 15.5 Å². The number of likely N-dealkylation sites (N-methyl/N-ethyl adjacent to an activating group) is 1. The van der Waals surface area contributed by atoms with Crippen molar-refractivity contribution in [1.82, 2.24) is 6.15 Å². The van der Waals surface area contributed by atoms with Gasteiger partial charge in [-0.25, -0.2) is 4.57 Å². The maximum atomic E-state index is 11.7. The molecule has 0 spiro atoms. The lowest BCUT2D eigenvalue weighted by molar-refractivity contribution is -0.870. The van der Waals surface area contributed by atoms with Crippen molar-refractivity contribution in [2.45, 2.75) is 39.5 Å². The van der Waals surface area contributed by atoms with E-state index in [4.69, 9.17) is 9.05 Å². The van der Waals surface area contributed by atoms with Gasteiger partial charge in [-0.3, -0.25) is 9.05 Å². The summed E-state index contributed by atoms with van der Waals surface area (Å²) >= 11 is 0. The van der Waals surface area contributed by atoms with Crippen molar-refractivity contribution in [3.05, 3.63) is 0 Å². The average Bonchev–Trinajstić information content (AvgIpc) is 2.27. The molecule has 7 heteroatoms. The van der Waals surface area contributed by atoms with Crippen molar-refractivity contribution < 1.29 is 23.0 Å². The Kier molecular flexibility index (Phi) is 12.0. The third-order valence-corrected chi connectivity index (χ3v) is 4.02. The van der Waals surface area contributed by atoms with E-state index in [-0.39, 0.29) is 12.8 Å². The number of hydrogen-bond acceptors (Lipinski definition) is 4. The Balaban J connectivity index is 0. The summed E-state index contributed by atoms with van der Waals surface area (Å²) in [4.78, 5) is 9.59. The second-order valence-electron chi connectivity index (χ2n) is 6.03. The first-order valence-corrected chi connectivity index (χ1v) is 8.62. The summed E-state index contributed by atoms with van der Waals surface area (Å²) < 4.78 is 22.4. The van der Waals surface area contributed by atoms with Crippen LogP contribution in [0.4, 0.5) is 0 Å². The zero-order valence-electron chi connectivity index (χ0n) is 13.8. The number of hydrogen-bond donors (Lipinski definition) is 2. The zero-order valence-corrected chi connectivity index (χ0v) is 14.7. The first-order chi connectivity index (χ1) is 8.70. The number of phosphoric ester groups is 1. The molecule has 20 heavy (non-hydrogen) atoms. The Hall–Kier alpha value is 0.0300. The first-order valence-electron chi connectivity index (χ1n) is 7.12. The minimum atomic E-state index is -3.89. The molecule has 0 aromatic heterocycles. The van der Waals surface area contributed by atoms with Gasteiger partial charge in [-0.05, 0) is 12.3 Å². The molecular formula is C13H34N2O4P+. The molecule has 2 unspecified atom stereocenters. The molecule has 124 valence electrons. The number of rotatable bonds is 11. The SMILES string of the molecule is CCCCC(CC)COP(=O)(O)OCC[N+](C)(C)C.N. The van der Waals surface area contributed by atoms with Crippen molar-refractivity contribution in [3.8, 4) is 0 Å². The van der Waals surface area contributed by atoms with Crippen molar-refractivity contribution in [3.63, 3.8) is 0 Å². The van der Waals surface area contributed by atoms with Gasteiger partial charge in [0.25, 0.3) is 0 Å². The van der Waals surface area contributed by atoms with Gasteiger partial charge in [-0.15, -0.1) is 0 Å². The standard InChI is InChI=1S/C13H30NO4P.H3N/c1-6-8-9-13(7-2)12-18-19(15,16)17-11-10-14(3,4)5;/h13H,6-12H2,1-5H3;1H3/p+1. The Bertz CT molecular complexity index is 282. The quantitative estimate of drug-likeness (QED) is 0.451. The zero-order chi connectivity index (χ0) is 14.9. The fourth-order valence-corrected chi connectivity index (χ4v) is 2.35. The van der Waals surface area contributed by atoms with E-state index >= 15 is 0 Å². The number of quaternary nitrogens is 1. The van der Waals surface area contributed by atoms with Crippen LogP contribution in [-0.4, -0.2) is 50.3 Å².